The minimum absolute atomic E-state index is 0.455. The molecule has 0 amide bonds. The van der Waals surface area contributed by atoms with E-state index in [4.69, 9.17) is 5.73 Å². The van der Waals surface area contributed by atoms with Crippen LogP contribution in [0.15, 0.2) is 0 Å². The lowest BCUT2D eigenvalue weighted by Gasteiger charge is -2.35. The summed E-state index contributed by atoms with van der Waals surface area (Å²) in [5.41, 5.74) is 5.98. The maximum Gasteiger partial charge on any atom is 0.00905 e. The maximum absolute atomic E-state index is 5.98. The van der Waals surface area contributed by atoms with E-state index in [1.165, 1.54) is 12.8 Å². The van der Waals surface area contributed by atoms with E-state index in [0.29, 0.717) is 6.04 Å². The largest absolute Gasteiger partial charge is 0.327 e. The molecule has 1 rings (SSSR count). The van der Waals surface area contributed by atoms with Gasteiger partial charge in [0.05, 0.1) is 0 Å². The summed E-state index contributed by atoms with van der Waals surface area (Å²) in [6.45, 7) is 6.88. The van der Waals surface area contributed by atoms with Crippen molar-refractivity contribution in [2.24, 2.45) is 23.5 Å². The summed E-state index contributed by atoms with van der Waals surface area (Å²) in [5.74, 6) is 2.36. The molecule has 0 saturated heterocycles. The Kier molecular flexibility index (Phi) is 2.35. The fraction of sp³-hybridized carbons (Fsp3) is 1.00. The molecule has 0 bridgehead atoms. The minimum atomic E-state index is 0.455. The molecule has 60 valence electrons. The fourth-order valence-electron chi connectivity index (χ4n) is 2.24. The van der Waals surface area contributed by atoms with Gasteiger partial charge in [-0.15, -0.1) is 0 Å². The Morgan fingerprint density at radius 1 is 1.00 bits per heavy atom. The van der Waals surface area contributed by atoms with E-state index in [2.05, 4.69) is 20.8 Å². The van der Waals surface area contributed by atoms with E-state index in [1.54, 1.807) is 0 Å². The van der Waals surface area contributed by atoms with Gasteiger partial charge in [-0.1, -0.05) is 20.8 Å². The first-order valence-corrected chi connectivity index (χ1v) is 4.37. The van der Waals surface area contributed by atoms with Gasteiger partial charge in [-0.2, -0.15) is 0 Å². The topological polar surface area (TPSA) is 26.0 Å². The SMILES string of the molecule is CC1C[C@@H](C)C(N)[C@@H](C)C1. The molecule has 1 nitrogen and oxygen atoms in total. The number of nitrogens with two attached hydrogens (primary N) is 1. The van der Waals surface area contributed by atoms with Crippen LogP contribution in [0.1, 0.15) is 33.6 Å². The lowest BCUT2D eigenvalue weighted by atomic mass is 9.74. The van der Waals surface area contributed by atoms with Gasteiger partial charge in [0.2, 0.25) is 0 Å². The van der Waals surface area contributed by atoms with Gasteiger partial charge in [0.1, 0.15) is 0 Å². The van der Waals surface area contributed by atoms with Crippen molar-refractivity contribution in [3.63, 3.8) is 0 Å². The smallest absolute Gasteiger partial charge is 0.00905 e. The first-order valence-electron chi connectivity index (χ1n) is 4.37. The highest BCUT2D eigenvalue weighted by Crippen LogP contribution is 2.31. The van der Waals surface area contributed by atoms with E-state index in [9.17, 15) is 0 Å². The molecule has 1 aliphatic rings. The molecule has 1 aliphatic carbocycles. The lowest BCUT2D eigenvalue weighted by Crippen LogP contribution is -2.40. The summed E-state index contributed by atoms with van der Waals surface area (Å²) in [5, 5.41) is 0. The Morgan fingerprint density at radius 3 is 1.80 bits per heavy atom. The van der Waals surface area contributed by atoms with Crippen LogP contribution in [0, 0.1) is 17.8 Å². The molecule has 0 aromatic heterocycles. The highest BCUT2D eigenvalue weighted by atomic mass is 14.7. The number of rotatable bonds is 0. The molecule has 4 atom stereocenters. The quantitative estimate of drug-likeness (QED) is 0.548. The zero-order valence-corrected chi connectivity index (χ0v) is 7.30. The molecule has 0 heterocycles. The molecule has 1 fully saturated rings. The van der Waals surface area contributed by atoms with Crippen LogP contribution in [0.4, 0.5) is 0 Å². The van der Waals surface area contributed by atoms with Crippen LogP contribution in [0.3, 0.4) is 0 Å². The average molecular weight is 141 g/mol. The van der Waals surface area contributed by atoms with Crippen molar-refractivity contribution in [1.29, 1.82) is 0 Å². The van der Waals surface area contributed by atoms with E-state index in [0.717, 1.165) is 17.8 Å². The minimum Gasteiger partial charge on any atom is -0.327 e. The van der Waals surface area contributed by atoms with Gasteiger partial charge in [0.25, 0.3) is 0 Å². The second-order valence-electron chi connectivity index (χ2n) is 4.11. The molecule has 1 heteroatoms. The third kappa shape index (κ3) is 1.51. The van der Waals surface area contributed by atoms with Crippen molar-refractivity contribution in [2.45, 2.75) is 39.7 Å². The summed E-state index contributed by atoms with van der Waals surface area (Å²) in [6.07, 6.45) is 2.65. The van der Waals surface area contributed by atoms with E-state index in [-0.39, 0.29) is 0 Å². The van der Waals surface area contributed by atoms with E-state index < -0.39 is 0 Å². The van der Waals surface area contributed by atoms with Crippen molar-refractivity contribution in [2.75, 3.05) is 0 Å². The molecule has 2 N–H and O–H groups in total. The van der Waals surface area contributed by atoms with Crippen molar-refractivity contribution in [3.05, 3.63) is 0 Å². The van der Waals surface area contributed by atoms with Crippen molar-refractivity contribution >= 4 is 0 Å². The molecule has 0 spiro atoms. The number of hydrogen-bond donors (Lipinski definition) is 1. The predicted molar refractivity (Wildman–Crippen MR) is 44.7 cm³/mol. The van der Waals surface area contributed by atoms with Gasteiger partial charge in [0, 0.05) is 6.04 Å². The van der Waals surface area contributed by atoms with Crippen LogP contribution in [-0.2, 0) is 0 Å². The Bertz CT molecular complexity index is 99.3. The molecule has 0 aromatic carbocycles. The number of hydrogen-bond acceptors (Lipinski definition) is 1. The van der Waals surface area contributed by atoms with E-state index >= 15 is 0 Å². The molecule has 10 heavy (non-hydrogen) atoms. The van der Waals surface area contributed by atoms with Crippen molar-refractivity contribution in [1.82, 2.24) is 0 Å². The van der Waals surface area contributed by atoms with Crippen LogP contribution in [0.5, 0.6) is 0 Å². The molecule has 0 aliphatic heterocycles. The summed E-state index contributed by atoms with van der Waals surface area (Å²) in [4.78, 5) is 0. The van der Waals surface area contributed by atoms with Crippen LogP contribution in [0.25, 0.3) is 0 Å². The normalized spacial score (nSPS) is 49.2. The third-order valence-electron chi connectivity index (χ3n) is 2.86. The standard InChI is InChI=1S/C9H19N/c1-6-4-7(2)9(10)8(3)5-6/h6-9H,4-5,10H2,1-3H3/t6?,7-,8+,9?. The van der Waals surface area contributed by atoms with Crippen molar-refractivity contribution < 1.29 is 0 Å². The van der Waals surface area contributed by atoms with Gasteiger partial charge in [0.15, 0.2) is 0 Å². The lowest BCUT2D eigenvalue weighted by molar-refractivity contribution is 0.195. The molecule has 1 saturated carbocycles. The molecule has 0 radical (unpaired) electrons. The molecular formula is C9H19N. The van der Waals surface area contributed by atoms with Gasteiger partial charge in [-0.3, -0.25) is 0 Å². The monoisotopic (exact) mass is 141 g/mol. The second kappa shape index (κ2) is 2.91. The highest BCUT2D eigenvalue weighted by Gasteiger charge is 2.27. The summed E-state index contributed by atoms with van der Waals surface area (Å²) in [6, 6.07) is 0.455. The van der Waals surface area contributed by atoms with Gasteiger partial charge in [-0.05, 0) is 30.6 Å². The molecular weight excluding hydrogens is 122 g/mol. The second-order valence-corrected chi connectivity index (χ2v) is 4.11. The zero-order chi connectivity index (χ0) is 7.72. The van der Waals surface area contributed by atoms with Crippen LogP contribution < -0.4 is 5.73 Å². The fourth-order valence-corrected chi connectivity index (χ4v) is 2.24. The van der Waals surface area contributed by atoms with Crippen LogP contribution in [-0.4, -0.2) is 6.04 Å². The predicted octanol–water partition coefficient (Wildman–Crippen LogP) is 2.02. The third-order valence-corrected chi connectivity index (χ3v) is 2.86. The summed E-state index contributed by atoms with van der Waals surface area (Å²) >= 11 is 0. The Morgan fingerprint density at radius 2 is 1.40 bits per heavy atom. The Hall–Kier alpha value is -0.0400. The summed E-state index contributed by atoms with van der Waals surface area (Å²) in [7, 11) is 0. The van der Waals surface area contributed by atoms with Crippen molar-refractivity contribution in [3.8, 4) is 0 Å². The van der Waals surface area contributed by atoms with Gasteiger partial charge in [-0.25, -0.2) is 0 Å². The molecule has 0 aromatic rings. The highest BCUT2D eigenvalue weighted by molar-refractivity contribution is 4.82. The first kappa shape index (κ1) is 8.06. The Labute approximate surface area is 64.0 Å². The van der Waals surface area contributed by atoms with Gasteiger partial charge < -0.3 is 5.73 Å². The zero-order valence-electron chi connectivity index (χ0n) is 7.30. The molecule has 2 unspecified atom stereocenters. The Balaban J connectivity index is 2.49. The van der Waals surface area contributed by atoms with Crippen LogP contribution >= 0.6 is 0 Å². The average Bonchev–Trinajstić information content (AvgIpc) is 1.82. The summed E-state index contributed by atoms with van der Waals surface area (Å²) < 4.78 is 0. The first-order chi connectivity index (χ1) is 4.61. The van der Waals surface area contributed by atoms with Gasteiger partial charge >= 0.3 is 0 Å². The van der Waals surface area contributed by atoms with E-state index in [1.807, 2.05) is 0 Å². The van der Waals surface area contributed by atoms with Crippen LogP contribution in [0.2, 0.25) is 0 Å². The maximum atomic E-state index is 5.98.